The molecule has 0 amide bonds. The maximum atomic E-state index is 6.13. The molecule has 0 N–H and O–H groups in total. The lowest BCUT2D eigenvalue weighted by Crippen LogP contribution is -2.15. The Balaban J connectivity index is 1.03. The average molecular weight is 551 g/mol. The van der Waals surface area contributed by atoms with Crippen LogP contribution in [0.5, 0.6) is 5.75 Å². The summed E-state index contributed by atoms with van der Waals surface area (Å²) < 4.78 is 6.13. The van der Waals surface area contributed by atoms with Crippen LogP contribution < -0.4 is 4.74 Å². The lowest BCUT2D eigenvalue weighted by molar-refractivity contribution is 0.269. The Morgan fingerprint density at radius 2 is 1.07 bits per heavy atom. The number of hydrogen-bond donors (Lipinski definition) is 0. The molecule has 0 saturated heterocycles. The van der Waals surface area contributed by atoms with E-state index in [4.69, 9.17) is 14.7 Å². The van der Waals surface area contributed by atoms with Gasteiger partial charge in [-0.15, -0.1) is 0 Å². The van der Waals surface area contributed by atoms with Crippen molar-refractivity contribution in [3.63, 3.8) is 0 Å². The maximum absolute atomic E-state index is 6.13. The third kappa shape index (κ3) is 3.89. The molecule has 9 rings (SSSR count). The second-order valence-corrected chi connectivity index (χ2v) is 11.3. The van der Waals surface area contributed by atoms with Crippen LogP contribution in [0.25, 0.3) is 66.1 Å². The average Bonchev–Trinajstić information content (AvgIpc) is 3.46. The Hall–Kier alpha value is -5.54. The predicted octanol–water partition coefficient (Wildman–Crippen LogP) is 9.91. The Kier molecular flexibility index (Phi) is 5.32. The molecule has 2 aliphatic rings. The lowest BCUT2D eigenvalue weighted by atomic mass is 9.90. The summed E-state index contributed by atoms with van der Waals surface area (Å²) in [5, 5.41) is 4.68. The Morgan fingerprint density at radius 1 is 0.512 bits per heavy atom. The molecule has 3 heteroatoms. The van der Waals surface area contributed by atoms with Crippen molar-refractivity contribution in [2.24, 2.45) is 0 Å². The minimum absolute atomic E-state index is 0.111. The highest BCUT2D eigenvalue weighted by Gasteiger charge is 2.32. The maximum Gasteiger partial charge on any atom is 0.128 e. The molecule has 0 fully saturated rings. The van der Waals surface area contributed by atoms with Crippen LogP contribution in [-0.2, 0) is 0 Å². The van der Waals surface area contributed by atoms with E-state index in [1.54, 1.807) is 0 Å². The zero-order chi connectivity index (χ0) is 28.3. The second kappa shape index (κ2) is 9.50. The van der Waals surface area contributed by atoms with Gasteiger partial charge in [0.1, 0.15) is 11.9 Å². The van der Waals surface area contributed by atoms with Crippen LogP contribution in [0.15, 0.2) is 146 Å². The molecule has 1 aliphatic carbocycles. The van der Waals surface area contributed by atoms with Crippen molar-refractivity contribution in [1.29, 1.82) is 0 Å². The van der Waals surface area contributed by atoms with Crippen molar-refractivity contribution in [1.82, 2.24) is 9.97 Å². The first-order chi connectivity index (χ1) is 21.3. The van der Waals surface area contributed by atoms with E-state index in [0.717, 1.165) is 38.8 Å². The monoisotopic (exact) mass is 550 g/mol. The van der Waals surface area contributed by atoms with Crippen LogP contribution in [0, 0.1) is 0 Å². The zero-order valence-electron chi connectivity index (χ0n) is 23.3. The third-order valence-corrected chi connectivity index (χ3v) is 8.88. The highest BCUT2D eigenvalue weighted by molar-refractivity contribution is 6.23. The van der Waals surface area contributed by atoms with Crippen molar-refractivity contribution < 1.29 is 4.74 Å². The smallest absolute Gasteiger partial charge is 0.128 e. The van der Waals surface area contributed by atoms with E-state index < -0.39 is 0 Å². The van der Waals surface area contributed by atoms with Gasteiger partial charge in [-0.25, -0.2) is 4.98 Å². The normalized spacial score (nSPS) is 16.8. The van der Waals surface area contributed by atoms with E-state index in [2.05, 4.69) is 140 Å². The summed E-state index contributed by atoms with van der Waals surface area (Å²) in [5.41, 5.74) is 9.84. The molecule has 0 bridgehead atoms. The van der Waals surface area contributed by atoms with Gasteiger partial charge >= 0.3 is 0 Å². The Bertz CT molecular complexity index is 2230. The molecule has 3 nitrogen and oxygen atoms in total. The van der Waals surface area contributed by atoms with Gasteiger partial charge in [0.2, 0.25) is 0 Å². The van der Waals surface area contributed by atoms with Crippen molar-refractivity contribution >= 4 is 32.6 Å². The van der Waals surface area contributed by atoms with Gasteiger partial charge in [0.25, 0.3) is 0 Å². The summed E-state index contributed by atoms with van der Waals surface area (Å²) in [7, 11) is 0. The number of nitrogens with zero attached hydrogens (tertiary/aromatic N) is 2. The van der Waals surface area contributed by atoms with Gasteiger partial charge in [-0.1, -0.05) is 121 Å². The first kappa shape index (κ1) is 24.1. The van der Waals surface area contributed by atoms with E-state index >= 15 is 0 Å². The molecule has 0 spiro atoms. The summed E-state index contributed by atoms with van der Waals surface area (Å²) in [6.07, 6.45) is 10.6. The summed E-state index contributed by atoms with van der Waals surface area (Å²) >= 11 is 0. The van der Waals surface area contributed by atoms with Crippen molar-refractivity contribution in [2.75, 3.05) is 0 Å². The molecular formula is C40H26N2O. The first-order valence-corrected chi connectivity index (χ1v) is 14.7. The van der Waals surface area contributed by atoms with E-state index in [1.807, 2.05) is 6.20 Å². The van der Waals surface area contributed by atoms with Gasteiger partial charge in [0.05, 0.1) is 22.9 Å². The highest BCUT2D eigenvalue weighted by Crippen LogP contribution is 2.43. The Morgan fingerprint density at radius 3 is 1.77 bits per heavy atom. The molecule has 2 heterocycles. The largest absolute Gasteiger partial charge is 0.485 e. The van der Waals surface area contributed by atoms with E-state index in [-0.39, 0.29) is 6.10 Å². The quantitative estimate of drug-likeness (QED) is 0.205. The summed E-state index contributed by atoms with van der Waals surface area (Å²) in [4.78, 5) is 10.1. The molecule has 0 saturated carbocycles. The van der Waals surface area contributed by atoms with Crippen molar-refractivity contribution in [3.05, 3.63) is 151 Å². The van der Waals surface area contributed by atoms with Crippen LogP contribution in [0.4, 0.5) is 0 Å². The van der Waals surface area contributed by atoms with Gasteiger partial charge in [0, 0.05) is 27.8 Å². The molecule has 43 heavy (non-hydrogen) atoms. The van der Waals surface area contributed by atoms with E-state index in [1.165, 1.54) is 38.6 Å². The third-order valence-electron chi connectivity index (χ3n) is 8.88. The zero-order valence-corrected chi connectivity index (χ0v) is 23.3. The molecule has 1 aliphatic heterocycles. The number of hydrogen-bond acceptors (Lipinski definition) is 3. The predicted molar refractivity (Wildman–Crippen MR) is 176 cm³/mol. The molecule has 7 aromatic rings. The molecule has 1 aromatic heterocycles. The molecule has 6 aromatic carbocycles. The van der Waals surface area contributed by atoms with Crippen LogP contribution >= 0.6 is 0 Å². The Labute approximate surface area is 249 Å². The van der Waals surface area contributed by atoms with Gasteiger partial charge < -0.3 is 4.74 Å². The van der Waals surface area contributed by atoms with Gasteiger partial charge in [0.15, 0.2) is 0 Å². The van der Waals surface area contributed by atoms with Crippen LogP contribution in [0.1, 0.15) is 11.5 Å². The van der Waals surface area contributed by atoms with Crippen LogP contribution in [0.2, 0.25) is 0 Å². The number of rotatable bonds is 3. The van der Waals surface area contributed by atoms with Crippen LogP contribution in [0.3, 0.4) is 0 Å². The van der Waals surface area contributed by atoms with E-state index in [0.29, 0.717) is 5.92 Å². The van der Waals surface area contributed by atoms with Gasteiger partial charge in [-0.05, 0) is 51.2 Å². The highest BCUT2D eigenvalue weighted by atomic mass is 16.5. The standard InChI is InChI=1S/C40H26N2O/c1-3-10-33-30(7-1)31-8-2-4-11-34(31)40-39(33)41-24-36(42-40)28-19-17-26(18-20-28)25-13-15-27(16-14-25)29-21-22-38-35(23-29)32-9-5-6-12-37(32)43-38/h1-24,32,37H. The molecule has 2 atom stereocenters. The van der Waals surface area contributed by atoms with E-state index in [9.17, 15) is 0 Å². The molecule has 2 unspecified atom stereocenters. The number of aromatic nitrogens is 2. The van der Waals surface area contributed by atoms with Crippen molar-refractivity contribution in [3.8, 4) is 39.3 Å². The topological polar surface area (TPSA) is 35.0 Å². The SMILES string of the molecule is C1=CC2Oc3ccc(-c4ccc(-c5ccc(-c6cnc7c8ccccc8c8ccccc8c7n6)cc5)cc4)cc3C2C=C1. The lowest BCUT2D eigenvalue weighted by Gasteiger charge is -2.14. The molecular weight excluding hydrogens is 524 g/mol. The summed E-state index contributed by atoms with van der Waals surface area (Å²) in [6.45, 7) is 0. The first-order valence-electron chi connectivity index (χ1n) is 14.7. The van der Waals surface area contributed by atoms with Gasteiger partial charge in [-0.2, -0.15) is 0 Å². The molecule has 202 valence electrons. The minimum Gasteiger partial charge on any atom is -0.485 e. The fraction of sp³-hybridized carbons (Fsp3) is 0.0500. The minimum atomic E-state index is 0.111. The van der Waals surface area contributed by atoms with Crippen LogP contribution in [-0.4, -0.2) is 16.1 Å². The fourth-order valence-corrected chi connectivity index (χ4v) is 6.67. The summed E-state index contributed by atoms with van der Waals surface area (Å²) in [6, 6.07) is 40.9. The fourth-order valence-electron chi connectivity index (χ4n) is 6.67. The number of benzene rings is 6. The number of fused-ring (bicyclic) bond motifs is 9. The number of ether oxygens (including phenoxy) is 1. The summed E-state index contributed by atoms with van der Waals surface area (Å²) in [5.74, 6) is 1.28. The van der Waals surface area contributed by atoms with Crippen molar-refractivity contribution in [2.45, 2.75) is 12.0 Å². The van der Waals surface area contributed by atoms with Gasteiger partial charge in [-0.3, -0.25) is 4.98 Å². The second-order valence-electron chi connectivity index (χ2n) is 11.3. The molecule has 0 radical (unpaired) electrons. The number of allylic oxidation sites excluding steroid dienone is 2.